The SMILES string of the molecule is CC(C)(N)CCc1ccc(F)c(C(C)(C)C)c1. The first-order valence-electron chi connectivity index (χ1n) is 6.17. The van der Waals surface area contributed by atoms with E-state index in [-0.39, 0.29) is 16.8 Å². The first-order chi connectivity index (χ1) is 7.59. The van der Waals surface area contributed by atoms with Crippen LogP contribution in [0.25, 0.3) is 0 Å². The number of hydrogen-bond donors (Lipinski definition) is 1. The summed E-state index contributed by atoms with van der Waals surface area (Å²) in [7, 11) is 0. The number of hydrogen-bond acceptors (Lipinski definition) is 1. The van der Waals surface area contributed by atoms with Crippen molar-refractivity contribution in [2.75, 3.05) is 0 Å². The summed E-state index contributed by atoms with van der Waals surface area (Å²) in [5.74, 6) is -0.117. The molecule has 0 saturated heterocycles. The second kappa shape index (κ2) is 4.77. The van der Waals surface area contributed by atoms with Gasteiger partial charge in [0.2, 0.25) is 0 Å². The molecule has 0 heterocycles. The van der Waals surface area contributed by atoms with E-state index in [1.165, 1.54) is 0 Å². The van der Waals surface area contributed by atoms with Gasteiger partial charge in [0.05, 0.1) is 0 Å². The van der Waals surface area contributed by atoms with Crippen molar-refractivity contribution in [3.05, 3.63) is 35.1 Å². The van der Waals surface area contributed by atoms with E-state index in [2.05, 4.69) is 0 Å². The lowest BCUT2D eigenvalue weighted by molar-refractivity contribution is 0.475. The molecule has 17 heavy (non-hydrogen) atoms. The molecule has 0 aliphatic heterocycles. The molecule has 0 amide bonds. The van der Waals surface area contributed by atoms with E-state index in [0.717, 1.165) is 24.0 Å². The monoisotopic (exact) mass is 237 g/mol. The molecule has 0 radical (unpaired) electrons. The molecule has 1 aromatic carbocycles. The van der Waals surface area contributed by atoms with Gasteiger partial charge in [-0.3, -0.25) is 0 Å². The minimum absolute atomic E-state index is 0.117. The maximum atomic E-state index is 13.7. The van der Waals surface area contributed by atoms with Crippen LogP contribution in [0.1, 0.15) is 52.2 Å². The lowest BCUT2D eigenvalue weighted by atomic mass is 9.85. The number of aryl methyl sites for hydroxylation is 1. The Kier molecular flexibility index (Phi) is 3.98. The van der Waals surface area contributed by atoms with Crippen LogP contribution >= 0.6 is 0 Å². The van der Waals surface area contributed by atoms with E-state index >= 15 is 0 Å². The molecular formula is C15H24FN. The summed E-state index contributed by atoms with van der Waals surface area (Å²) in [6.45, 7) is 10.1. The second-order valence-electron chi connectivity index (χ2n) is 6.55. The van der Waals surface area contributed by atoms with Gasteiger partial charge < -0.3 is 5.73 Å². The van der Waals surface area contributed by atoms with Crippen LogP contribution in [-0.4, -0.2) is 5.54 Å². The van der Waals surface area contributed by atoms with Gasteiger partial charge in [0.15, 0.2) is 0 Å². The van der Waals surface area contributed by atoms with E-state index < -0.39 is 0 Å². The Morgan fingerprint density at radius 3 is 2.18 bits per heavy atom. The number of benzene rings is 1. The molecule has 0 spiro atoms. The lowest BCUT2D eigenvalue weighted by Crippen LogP contribution is -2.32. The Morgan fingerprint density at radius 1 is 1.12 bits per heavy atom. The smallest absolute Gasteiger partial charge is 0.126 e. The van der Waals surface area contributed by atoms with E-state index in [1.54, 1.807) is 6.07 Å². The summed E-state index contributed by atoms with van der Waals surface area (Å²) in [4.78, 5) is 0. The molecule has 1 nitrogen and oxygen atoms in total. The maximum absolute atomic E-state index is 13.7. The zero-order chi connectivity index (χ0) is 13.3. The molecule has 2 N–H and O–H groups in total. The molecule has 0 unspecified atom stereocenters. The van der Waals surface area contributed by atoms with E-state index in [9.17, 15) is 4.39 Å². The summed E-state index contributed by atoms with van der Waals surface area (Å²) < 4.78 is 13.7. The Labute approximate surface area is 104 Å². The fourth-order valence-electron chi connectivity index (χ4n) is 1.77. The molecular weight excluding hydrogens is 213 g/mol. The third kappa shape index (κ3) is 4.47. The van der Waals surface area contributed by atoms with Gasteiger partial charge in [0.1, 0.15) is 5.82 Å². The van der Waals surface area contributed by atoms with E-state index in [4.69, 9.17) is 5.73 Å². The van der Waals surface area contributed by atoms with Crippen molar-refractivity contribution in [3.63, 3.8) is 0 Å². The van der Waals surface area contributed by atoms with Crippen LogP contribution in [0.5, 0.6) is 0 Å². The fraction of sp³-hybridized carbons (Fsp3) is 0.600. The molecule has 0 aliphatic carbocycles. The third-order valence-electron chi connectivity index (χ3n) is 2.90. The predicted octanol–water partition coefficient (Wildman–Crippen LogP) is 3.79. The molecule has 0 aliphatic rings. The fourth-order valence-corrected chi connectivity index (χ4v) is 1.77. The molecule has 0 bridgehead atoms. The Morgan fingerprint density at radius 2 is 1.71 bits per heavy atom. The van der Waals surface area contributed by atoms with Gasteiger partial charge in [-0.05, 0) is 49.3 Å². The quantitative estimate of drug-likeness (QED) is 0.850. The van der Waals surface area contributed by atoms with Crippen LogP contribution in [0.2, 0.25) is 0 Å². The average Bonchev–Trinajstić information content (AvgIpc) is 2.13. The minimum atomic E-state index is -0.170. The maximum Gasteiger partial charge on any atom is 0.126 e. The molecule has 0 saturated carbocycles. The van der Waals surface area contributed by atoms with Gasteiger partial charge in [0, 0.05) is 5.54 Å². The zero-order valence-electron chi connectivity index (χ0n) is 11.6. The van der Waals surface area contributed by atoms with Crippen molar-refractivity contribution in [1.82, 2.24) is 0 Å². The largest absolute Gasteiger partial charge is 0.326 e. The lowest BCUT2D eigenvalue weighted by Gasteiger charge is -2.22. The minimum Gasteiger partial charge on any atom is -0.326 e. The van der Waals surface area contributed by atoms with Crippen molar-refractivity contribution in [2.45, 2.75) is 58.4 Å². The first kappa shape index (κ1) is 14.2. The predicted molar refractivity (Wildman–Crippen MR) is 71.7 cm³/mol. The van der Waals surface area contributed by atoms with Gasteiger partial charge >= 0.3 is 0 Å². The number of rotatable bonds is 3. The summed E-state index contributed by atoms with van der Waals surface area (Å²) in [5, 5.41) is 0. The second-order valence-corrected chi connectivity index (χ2v) is 6.55. The standard InChI is InChI=1S/C15H24FN/c1-14(2,3)12-10-11(6-7-13(12)16)8-9-15(4,5)17/h6-7,10H,8-9,17H2,1-5H3. The Bertz CT molecular complexity index is 383. The highest BCUT2D eigenvalue weighted by Crippen LogP contribution is 2.26. The first-order valence-corrected chi connectivity index (χ1v) is 6.17. The highest BCUT2D eigenvalue weighted by atomic mass is 19.1. The molecule has 0 atom stereocenters. The zero-order valence-corrected chi connectivity index (χ0v) is 11.6. The summed E-state index contributed by atoms with van der Waals surface area (Å²) >= 11 is 0. The number of nitrogens with two attached hydrogens (primary N) is 1. The topological polar surface area (TPSA) is 26.0 Å². The van der Waals surface area contributed by atoms with Gasteiger partial charge in [0.25, 0.3) is 0 Å². The Hall–Kier alpha value is -0.890. The van der Waals surface area contributed by atoms with Gasteiger partial charge in [-0.2, -0.15) is 0 Å². The van der Waals surface area contributed by atoms with Crippen molar-refractivity contribution < 1.29 is 4.39 Å². The van der Waals surface area contributed by atoms with Crippen molar-refractivity contribution in [1.29, 1.82) is 0 Å². The van der Waals surface area contributed by atoms with Crippen LogP contribution in [0.3, 0.4) is 0 Å². The Balaban J connectivity index is 2.90. The number of halogens is 1. The van der Waals surface area contributed by atoms with E-state index in [1.807, 2.05) is 46.8 Å². The third-order valence-corrected chi connectivity index (χ3v) is 2.90. The molecule has 1 aromatic rings. The van der Waals surface area contributed by atoms with Crippen LogP contribution in [0, 0.1) is 5.82 Å². The highest BCUT2D eigenvalue weighted by molar-refractivity contribution is 5.30. The van der Waals surface area contributed by atoms with Gasteiger partial charge in [-0.25, -0.2) is 4.39 Å². The molecule has 0 fully saturated rings. The molecule has 2 heteroatoms. The van der Waals surface area contributed by atoms with Crippen LogP contribution in [-0.2, 0) is 11.8 Å². The van der Waals surface area contributed by atoms with Crippen LogP contribution < -0.4 is 5.73 Å². The normalized spacial score (nSPS) is 12.9. The van der Waals surface area contributed by atoms with Gasteiger partial charge in [-0.15, -0.1) is 0 Å². The van der Waals surface area contributed by atoms with Crippen molar-refractivity contribution in [2.24, 2.45) is 5.73 Å². The average molecular weight is 237 g/mol. The highest BCUT2D eigenvalue weighted by Gasteiger charge is 2.19. The van der Waals surface area contributed by atoms with Crippen molar-refractivity contribution >= 4 is 0 Å². The summed E-state index contributed by atoms with van der Waals surface area (Å²) in [6, 6.07) is 5.40. The molecule has 1 rings (SSSR count). The van der Waals surface area contributed by atoms with Gasteiger partial charge in [-0.1, -0.05) is 32.9 Å². The molecule has 0 aromatic heterocycles. The van der Waals surface area contributed by atoms with Crippen LogP contribution in [0.4, 0.5) is 4.39 Å². The molecule has 96 valence electrons. The van der Waals surface area contributed by atoms with E-state index in [0.29, 0.717) is 0 Å². The summed E-state index contributed by atoms with van der Waals surface area (Å²) in [6.07, 6.45) is 1.80. The van der Waals surface area contributed by atoms with Crippen molar-refractivity contribution in [3.8, 4) is 0 Å². The van der Waals surface area contributed by atoms with Crippen LogP contribution in [0.15, 0.2) is 18.2 Å². The summed E-state index contributed by atoms with van der Waals surface area (Å²) in [5.41, 5.74) is 7.58.